The van der Waals surface area contributed by atoms with Crippen LogP contribution >= 0.6 is 0 Å². The minimum atomic E-state index is -3.97. The molecule has 3 aromatic rings. The van der Waals surface area contributed by atoms with Crippen molar-refractivity contribution in [1.82, 2.24) is 4.72 Å². The molecule has 9 heteroatoms. The van der Waals surface area contributed by atoms with Gasteiger partial charge in [0, 0.05) is 5.69 Å². The van der Waals surface area contributed by atoms with Crippen molar-refractivity contribution in [2.45, 2.75) is 18.4 Å². The predicted molar refractivity (Wildman–Crippen MR) is 105 cm³/mol. The molecule has 2 aromatic carbocycles. The van der Waals surface area contributed by atoms with Crippen molar-refractivity contribution >= 4 is 21.6 Å². The third-order valence-electron chi connectivity index (χ3n) is 3.93. The number of ether oxygens (including phenoxy) is 1. The summed E-state index contributed by atoms with van der Waals surface area (Å²) in [6, 6.07) is 12.8. The number of anilines is 1. The van der Waals surface area contributed by atoms with Crippen LogP contribution in [0.2, 0.25) is 0 Å². The molecule has 2 N–H and O–H groups in total. The molecule has 0 fully saturated rings. The lowest BCUT2D eigenvalue weighted by molar-refractivity contribution is 0.102. The molecule has 0 saturated carbocycles. The predicted octanol–water partition coefficient (Wildman–Crippen LogP) is 3.55. The number of hydrogen-bond donors (Lipinski definition) is 2. The Morgan fingerprint density at radius 1 is 1.14 bits per heavy atom. The Hall–Kier alpha value is -3.17. The highest BCUT2D eigenvalue weighted by atomic mass is 32.2. The molecule has 7 nitrogen and oxygen atoms in total. The summed E-state index contributed by atoms with van der Waals surface area (Å²) in [5.41, 5.74) is 0.0295. The molecule has 0 aliphatic carbocycles. The van der Waals surface area contributed by atoms with Crippen molar-refractivity contribution in [2.75, 3.05) is 11.9 Å². The first-order valence-electron chi connectivity index (χ1n) is 8.75. The second kappa shape index (κ2) is 8.89. The van der Waals surface area contributed by atoms with Gasteiger partial charge in [-0.2, -0.15) is 0 Å². The second-order valence-corrected chi connectivity index (χ2v) is 7.72. The lowest BCUT2D eigenvalue weighted by Crippen LogP contribution is -2.24. The van der Waals surface area contributed by atoms with Gasteiger partial charge in [-0.15, -0.1) is 0 Å². The van der Waals surface area contributed by atoms with Crippen LogP contribution < -0.4 is 14.8 Å². The molecule has 29 heavy (non-hydrogen) atoms. The number of carbonyl (C=O) groups excluding carboxylic acids is 1. The second-order valence-electron chi connectivity index (χ2n) is 5.96. The molecular formula is C20H19FN2O5S. The van der Waals surface area contributed by atoms with Crippen LogP contribution in [-0.2, 0) is 16.6 Å². The van der Waals surface area contributed by atoms with Gasteiger partial charge in [0.15, 0.2) is 0 Å². The molecular weight excluding hydrogens is 399 g/mol. The van der Waals surface area contributed by atoms with E-state index in [1.165, 1.54) is 6.26 Å². The molecule has 1 aromatic heterocycles. The zero-order valence-electron chi connectivity index (χ0n) is 15.5. The Kier molecular flexibility index (Phi) is 6.30. The molecule has 0 bridgehead atoms. The number of halogens is 1. The summed E-state index contributed by atoms with van der Waals surface area (Å²) in [5, 5.41) is 2.54. The molecule has 0 spiro atoms. The summed E-state index contributed by atoms with van der Waals surface area (Å²) in [5.74, 6) is -0.551. The molecule has 0 saturated heterocycles. The maximum atomic E-state index is 14.2. The van der Waals surface area contributed by atoms with Gasteiger partial charge in [0.05, 0.1) is 29.9 Å². The van der Waals surface area contributed by atoms with Gasteiger partial charge in [0.1, 0.15) is 17.3 Å². The first-order chi connectivity index (χ1) is 13.9. The van der Waals surface area contributed by atoms with Crippen molar-refractivity contribution in [3.8, 4) is 5.75 Å². The SMILES string of the molecule is CCOc1ccc(NC(=O)c2cc(S(=O)(=O)NCc3ccco3)ccc2F)cc1. The quantitative estimate of drug-likeness (QED) is 0.583. The Bertz CT molecular complexity index is 1080. The van der Waals surface area contributed by atoms with Crippen molar-refractivity contribution in [2.24, 2.45) is 0 Å². The van der Waals surface area contributed by atoms with Gasteiger partial charge in [0.25, 0.3) is 5.91 Å². The standard InChI is InChI=1S/C20H19FN2O5S/c1-2-27-15-7-5-14(6-8-15)23-20(24)18-12-17(9-10-19(18)21)29(25,26)22-13-16-4-3-11-28-16/h3-12,22H,2,13H2,1H3,(H,23,24). The van der Waals surface area contributed by atoms with Crippen LogP contribution in [0.1, 0.15) is 23.0 Å². The summed E-state index contributed by atoms with van der Waals surface area (Å²) in [4.78, 5) is 12.2. The summed E-state index contributed by atoms with van der Waals surface area (Å²) < 4.78 is 51.8. The fourth-order valence-electron chi connectivity index (χ4n) is 2.51. The maximum absolute atomic E-state index is 14.2. The molecule has 0 aliphatic heterocycles. The highest BCUT2D eigenvalue weighted by Crippen LogP contribution is 2.19. The van der Waals surface area contributed by atoms with Gasteiger partial charge in [0.2, 0.25) is 10.0 Å². The third-order valence-corrected chi connectivity index (χ3v) is 5.33. The normalized spacial score (nSPS) is 11.2. The lowest BCUT2D eigenvalue weighted by Gasteiger charge is -2.10. The van der Waals surface area contributed by atoms with Crippen molar-refractivity contribution < 1.29 is 26.8 Å². The number of amides is 1. The summed E-state index contributed by atoms with van der Waals surface area (Å²) in [7, 11) is -3.97. The topological polar surface area (TPSA) is 97.6 Å². The number of furan rings is 1. The van der Waals surface area contributed by atoms with E-state index in [4.69, 9.17) is 9.15 Å². The maximum Gasteiger partial charge on any atom is 0.258 e. The van der Waals surface area contributed by atoms with E-state index >= 15 is 0 Å². The van der Waals surface area contributed by atoms with Crippen molar-refractivity contribution in [3.05, 3.63) is 78.0 Å². The van der Waals surface area contributed by atoms with Crippen LogP contribution in [0, 0.1) is 5.82 Å². The summed E-state index contributed by atoms with van der Waals surface area (Å²) in [6.07, 6.45) is 1.42. The number of benzene rings is 2. The van der Waals surface area contributed by atoms with Gasteiger partial charge >= 0.3 is 0 Å². The minimum absolute atomic E-state index is 0.0690. The highest BCUT2D eigenvalue weighted by Gasteiger charge is 2.20. The zero-order chi connectivity index (χ0) is 20.9. The van der Waals surface area contributed by atoms with Crippen LogP contribution in [0.5, 0.6) is 5.75 Å². The largest absolute Gasteiger partial charge is 0.494 e. The molecule has 152 valence electrons. The van der Waals surface area contributed by atoms with E-state index < -0.39 is 21.7 Å². The lowest BCUT2D eigenvalue weighted by atomic mass is 10.2. The van der Waals surface area contributed by atoms with Crippen LogP contribution in [0.3, 0.4) is 0 Å². The number of sulfonamides is 1. The molecule has 0 atom stereocenters. The van der Waals surface area contributed by atoms with E-state index in [0.29, 0.717) is 23.8 Å². The molecule has 0 aliphatic rings. The minimum Gasteiger partial charge on any atom is -0.494 e. The van der Waals surface area contributed by atoms with Gasteiger partial charge in [-0.25, -0.2) is 17.5 Å². The van der Waals surface area contributed by atoms with E-state index in [9.17, 15) is 17.6 Å². The van der Waals surface area contributed by atoms with Gasteiger partial charge in [-0.3, -0.25) is 4.79 Å². The Balaban J connectivity index is 1.76. The molecule has 1 amide bonds. The third kappa shape index (κ3) is 5.21. The van der Waals surface area contributed by atoms with E-state index in [1.54, 1.807) is 36.4 Å². The van der Waals surface area contributed by atoms with Crippen LogP contribution in [0.4, 0.5) is 10.1 Å². The number of rotatable bonds is 8. The number of hydrogen-bond acceptors (Lipinski definition) is 5. The zero-order valence-corrected chi connectivity index (χ0v) is 16.3. The average Bonchev–Trinajstić information content (AvgIpc) is 3.22. The summed E-state index contributed by atoms with van der Waals surface area (Å²) in [6.45, 7) is 2.29. The van der Waals surface area contributed by atoms with Gasteiger partial charge in [-0.05, 0) is 61.5 Å². The van der Waals surface area contributed by atoms with Crippen molar-refractivity contribution in [3.63, 3.8) is 0 Å². The molecule has 3 rings (SSSR count). The van der Waals surface area contributed by atoms with E-state index in [1.807, 2.05) is 6.92 Å². The van der Waals surface area contributed by atoms with Crippen LogP contribution in [-0.4, -0.2) is 20.9 Å². The van der Waals surface area contributed by atoms with Gasteiger partial charge in [-0.1, -0.05) is 0 Å². The van der Waals surface area contributed by atoms with E-state index in [2.05, 4.69) is 10.0 Å². The van der Waals surface area contributed by atoms with Crippen LogP contribution in [0.25, 0.3) is 0 Å². The van der Waals surface area contributed by atoms with E-state index in [-0.39, 0.29) is 17.0 Å². The Morgan fingerprint density at radius 2 is 1.90 bits per heavy atom. The molecule has 0 radical (unpaired) electrons. The fraction of sp³-hybridized carbons (Fsp3) is 0.150. The average molecular weight is 418 g/mol. The Morgan fingerprint density at radius 3 is 2.55 bits per heavy atom. The monoisotopic (exact) mass is 418 g/mol. The molecule has 1 heterocycles. The summed E-state index contributed by atoms with van der Waals surface area (Å²) >= 11 is 0. The number of carbonyl (C=O) groups is 1. The van der Waals surface area contributed by atoms with Gasteiger partial charge < -0.3 is 14.5 Å². The first kappa shape index (κ1) is 20.6. The van der Waals surface area contributed by atoms with E-state index in [0.717, 1.165) is 18.2 Å². The van der Waals surface area contributed by atoms with Crippen LogP contribution in [0.15, 0.2) is 70.2 Å². The molecule has 0 unspecified atom stereocenters. The first-order valence-corrected chi connectivity index (χ1v) is 10.2. The number of nitrogens with one attached hydrogen (secondary N) is 2. The van der Waals surface area contributed by atoms with Crippen molar-refractivity contribution in [1.29, 1.82) is 0 Å². The fourth-order valence-corrected chi connectivity index (χ4v) is 3.53. The Labute approximate surface area is 167 Å². The highest BCUT2D eigenvalue weighted by molar-refractivity contribution is 7.89. The smallest absolute Gasteiger partial charge is 0.258 e.